The number of para-hydroxylation sites is 1. The van der Waals surface area contributed by atoms with Crippen LogP contribution < -0.4 is 10.5 Å². The first-order valence-corrected chi connectivity index (χ1v) is 5.92. The van der Waals surface area contributed by atoms with Crippen molar-refractivity contribution in [3.8, 4) is 0 Å². The van der Waals surface area contributed by atoms with Crippen molar-refractivity contribution in [1.82, 2.24) is 9.97 Å². The number of rotatable bonds is 4. The van der Waals surface area contributed by atoms with Crippen LogP contribution >= 0.6 is 0 Å². The maximum Gasteiger partial charge on any atom is 0.260 e. The third-order valence-corrected chi connectivity index (χ3v) is 2.81. The second kappa shape index (κ2) is 4.99. The Kier molecular flexibility index (Phi) is 3.42. The van der Waals surface area contributed by atoms with Gasteiger partial charge >= 0.3 is 0 Å². The van der Waals surface area contributed by atoms with Crippen molar-refractivity contribution in [1.29, 1.82) is 0 Å². The summed E-state index contributed by atoms with van der Waals surface area (Å²) in [5, 5.41) is 0.639. The monoisotopic (exact) mass is 231 g/mol. The number of aromatic nitrogens is 2. The van der Waals surface area contributed by atoms with Crippen molar-refractivity contribution in [3.05, 3.63) is 34.6 Å². The third-order valence-electron chi connectivity index (χ3n) is 2.81. The third kappa shape index (κ3) is 2.46. The van der Waals surface area contributed by atoms with Crippen LogP contribution in [0.15, 0.2) is 29.1 Å². The Bertz CT molecular complexity index is 562. The Labute approximate surface area is 100 Å². The zero-order valence-corrected chi connectivity index (χ0v) is 10.2. The zero-order chi connectivity index (χ0) is 12.3. The number of fused-ring (bicyclic) bond motifs is 1. The van der Waals surface area contributed by atoms with E-state index in [1.807, 2.05) is 30.1 Å². The Balaban J connectivity index is 2.39. The molecule has 2 aromatic rings. The highest BCUT2D eigenvalue weighted by atomic mass is 16.1. The number of nitrogens with zero attached hydrogens (tertiary/aromatic N) is 2. The minimum absolute atomic E-state index is 0.0750. The molecule has 0 bridgehead atoms. The van der Waals surface area contributed by atoms with Crippen LogP contribution in [0.3, 0.4) is 0 Å². The molecule has 0 saturated carbocycles. The predicted octanol–water partition coefficient (Wildman–Crippen LogP) is 2.16. The van der Waals surface area contributed by atoms with Gasteiger partial charge in [0.05, 0.1) is 10.9 Å². The molecule has 17 heavy (non-hydrogen) atoms. The zero-order valence-electron chi connectivity index (χ0n) is 10.2. The number of H-pyrrole nitrogens is 1. The maximum atomic E-state index is 11.9. The van der Waals surface area contributed by atoms with Gasteiger partial charge in [-0.05, 0) is 18.6 Å². The number of nitrogens with one attached hydrogen (secondary N) is 1. The Hall–Kier alpha value is -1.84. The maximum absolute atomic E-state index is 11.9. The van der Waals surface area contributed by atoms with Gasteiger partial charge in [-0.3, -0.25) is 9.78 Å². The van der Waals surface area contributed by atoms with Gasteiger partial charge in [0.1, 0.15) is 0 Å². The summed E-state index contributed by atoms with van der Waals surface area (Å²) >= 11 is 0. The van der Waals surface area contributed by atoms with Crippen LogP contribution in [0.2, 0.25) is 0 Å². The molecule has 4 heteroatoms. The van der Waals surface area contributed by atoms with Crippen molar-refractivity contribution in [3.63, 3.8) is 0 Å². The quantitative estimate of drug-likeness (QED) is 0.877. The number of aromatic amines is 1. The fourth-order valence-electron chi connectivity index (χ4n) is 1.76. The van der Waals surface area contributed by atoms with Crippen LogP contribution in [0.1, 0.15) is 19.8 Å². The lowest BCUT2D eigenvalue weighted by Gasteiger charge is -2.17. The minimum atomic E-state index is -0.0750. The molecule has 0 unspecified atom stereocenters. The van der Waals surface area contributed by atoms with E-state index in [4.69, 9.17) is 0 Å². The molecule has 0 fully saturated rings. The highest BCUT2D eigenvalue weighted by Crippen LogP contribution is 2.10. The molecular formula is C13H17N3O. The second-order valence-electron chi connectivity index (χ2n) is 4.18. The molecule has 1 heterocycles. The molecular weight excluding hydrogens is 214 g/mol. The van der Waals surface area contributed by atoms with E-state index in [2.05, 4.69) is 16.9 Å². The van der Waals surface area contributed by atoms with Crippen molar-refractivity contribution in [2.75, 3.05) is 18.5 Å². The van der Waals surface area contributed by atoms with Crippen molar-refractivity contribution >= 4 is 16.9 Å². The molecule has 0 spiro atoms. The summed E-state index contributed by atoms with van der Waals surface area (Å²) < 4.78 is 0. The van der Waals surface area contributed by atoms with Crippen LogP contribution in [0.25, 0.3) is 10.9 Å². The van der Waals surface area contributed by atoms with Crippen molar-refractivity contribution in [2.45, 2.75) is 19.8 Å². The summed E-state index contributed by atoms with van der Waals surface area (Å²) in [7, 11) is 1.95. The van der Waals surface area contributed by atoms with Crippen LogP contribution in [-0.2, 0) is 0 Å². The van der Waals surface area contributed by atoms with Gasteiger partial charge in [0, 0.05) is 13.6 Å². The molecule has 1 aromatic heterocycles. The van der Waals surface area contributed by atoms with E-state index in [9.17, 15) is 4.79 Å². The van der Waals surface area contributed by atoms with E-state index in [-0.39, 0.29) is 5.56 Å². The normalized spacial score (nSPS) is 10.7. The standard InChI is InChI=1S/C13H17N3O/c1-3-4-9-16(2)13-14-11-8-6-5-7-10(11)12(17)15-13/h5-8H,3-4,9H2,1-2H3,(H,14,15,17). The Morgan fingerprint density at radius 3 is 2.88 bits per heavy atom. The average Bonchev–Trinajstić information content (AvgIpc) is 2.36. The number of unbranched alkanes of at least 4 members (excludes halogenated alkanes) is 1. The first-order valence-electron chi connectivity index (χ1n) is 5.92. The van der Waals surface area contributed by atoms with Crippen molar-refractivity contribution in [2.24, 2.45) is 0 Å². The van der Waals surface area contributed by atoms with E-state index < -0.39 is 0 Å². The molecule has 1 N–H and O–H groups in total. The second-order valence-corrected chi connectivity index (χ2v) is 4.18. The van der Waals surface area contributed by atoms with Gasteiger partial charge in [-0.25, -0.2) is 4.98 Å². The molecule has 0 aliphatic heterocycles. The lowest BCUT2D eigenvalue weighted by atomic mass is 10.2. The van der Waals surface area contributed by atoms with Gasteiger partial charge in [0.15, 0.2) is 0 Å². The lowest BCUT2D eigenvalue weighted by molar-refractivity contribution is 0.750. The summed E-state index contributed by atoms with van der Waals surface area (Å²) in [5.74, 6) is 0.641. The van der Waals surface area contributed by atoms with E-state index in [1.165, 1.54) is 0 Å². The van der Waals surface area contributed by atoms with Crippen LogP contribution in [0.5, 0.6) is 0 Å². The largest absolute Gasteiger partial charge is 0.345 e. The average molecular weight is 231 g/mol. The van der Waals surface area contributed by atoms with Gasteiger partial charge in [-0.1, -0.05) is 25.5 Å². The van der Waals surface area contributed by atoms with Gasteiger partial charge in [0.25, 0.3) is 5.56 Å². The number of anilines is 1. The molecule has 0 atom stereocenters. The van der Waals surface area contributed by atoms with Gasteiger partial charge in [0.2, 0.25) is 5.95 Å². The van der Waals surface area contributed by atoms with E-state index in [1.54, 1.807) is 6.07 Å². The van der Waals surface area contributed by atoms with E-state index >= 15 is 0 Å². The summed E-state index contributed by atoms with van der Waals surface area (Å²) in [5.41, 5.74) is 0.670. The summed E-state index contributed by atoms with van der Waals surface area (Å²) in [6.45, 7) is 3.04. The Morgan fingerprint density at radius 2 is 2.12 bits per heavy atom. The fraction of sp³-hybridized carbons (Fsp3) is 0.385. The SMILES string of the molecule is CCCCN(C)c1nc2ccccc2c(=O)[nH]1. The molecule has 0 radical (unpaired) electrons. The van der Waals surface area contributed by atoms with Gasteiger partial charge < -0.3 is 4.90 Å². The van der Waals surface area contributed by atoms with Crippen molar-refractivity contribution < 1.29 is 0 Å². The van der Waals surface area contributed by atoms with Gasteiger partial charge in [-0.15, -0.1) is 0 Å². The van der Waals surface area contributed by atoms with Gasteiger partial charge in [-0.2, -0.15) is 0 Å². The fourth-order valence-corrected chi connectivity index (χ4v) is 1.76. The highest BCUT2D eigenvalue weighted by Gasteiger charge is 2.06. The van der Waals surface area contributed by atoms with Crippen LogP contribution in [0.4, 0.5) is 5.95 Å². The van der Waals surface area contributed by atoms with E-state index in [0.29, 0.717) is 11.3 Å². The molecule has 0 amide bonds. The molecule has 0 aliphatic rings. The minimum Gasteiger partial charge on any atom is -0.345 e. The Morgan fingerprint density at radius 1 is 1.35 bits per heavy atom. The number of hydrogen-bond acceptors (Lipinski definition) is 3. The highest BCUT2D eigenvalue weighted by molar-refractivity contribution is 5.78. The number of benzene rings is 1. The van der Waals surface area contributed by atoms with Crippen LogP contribution in [-0.4, -0.2) is 23.6 Å². The topological polar surface area (TPSA) is 49.0 Å². The molecule has 90 valence electrons. The predicted molar refractivity (Wildman–Crippen MR) is 70.5 cm³/mol. The summed E-state index contributed by atoms with van der Waals surface area (Å²) in [6.07, 6.45) is 2.22. The van der Waals surface area contributed by atoms with E-state index in [0.717, 1.165) is 24.9 Å². The molecule has 2 rings (SSSR count). The molecule has 4 nitrogen and oxygen atoms in total. The molecule has 1 aromatic carbocycles. The summed E-state index contributed by atoms with van der Waals surface area (Å²) in [6, 6.07) is 7.39. The smallest absolute Gasteiger partial charge is 0.260 e. The first-order chi connectivity index (χ1) is 8.22. The molecule has 0 saturated heterocycles. The lowest BCUT2D eigenvalue weighted by Crippen LogP contribution is -2.24. The number of hydrogen-bond donors (Lipinski definition) is 1. The molecule has 0 aliphatic carbocycles. The first kappa shape index (κ1) is 11.6. The van der Waals surface area contributed by atoms with Crippen LogP contribution in [0, 0.1) is 0 Å². The summed E-state index contributed by atoms with van der Waals surface area (Å²) in [4.78, 5) is 21.1.